The van der Waals surface area contributed by atoms with Crippen LogP contribution in [0.25, 0.3) is 0 Å². The lowest BCUT2D eigenvalue weighted by molar-refractivity contribution is 0.0952. The number of hydrogen-bond donors (Lipinski definition) is 2. The molecule has 2 N–H and O–H groups in total. The van der Waals surface area contributed by atoms with E-state index in [2.05, 4.69) is 15.5 Å². The molecule has 5 nitrogen and oxygen atoms in total. The number of rotatable bonds is 6. The first kappa shape index (κ1) is 17.2. The molecule has 1 saturated heterocycles. The highest BCUT2D eigenvalue weighted by Gasteiger charge is 2.13. The highest BCUT2D eigenvalue weighted by Crippen LogP contribution is 2.23. The number of ether oxygens (including phenoxy) is 1. The van der Waals surface area contributed by atoms with Crippen molar-refractivity contribution in [2.45, 2.75) is 6.42 Å². The molecule has 2 rings (SSSR count). The maximum atomic E-state index is 11.9. The Kier molecular flexibility index (Phi) is 7.91. The van der Waals surface area contributed by atoms with Crippen molar-refractivity contribution in [2.75, 3.05) is 46.4 Å². The van der Waals surface area contributed by atoms with Crippen LogP contribution in [0.15, 0.2) is 11.4 Å². The van der Waals surface area contributed by atoms with Gasteiger partial charge in [0, 0.05) is 32.7 Å². The SMILES string of the molecule is COc1ccsc1C(=O)NCCCN1CCNCC1.Cl. The maximum absolute atomic E-state index is 11.9. The lowest BCUT2D eigenvalue weighted by atomic mass is 10.3. The van der Waals surface area contributed by atoms with E-state index in [1.165, 1.54) is 11.3 Å². The number of carbonyl (C=O) groups is 1. The highest BCUT2D eigenvalue weighted by atomic mass is 35.5. The summed E-state index contributed by atoms with van der Waals surface area (Å²) in [5.74, 6) is 0.622. The van der Waals surface area contributed by atoms with E-state index in [9.17, 15) is 4.79 Å². The summed E-state index contributed by atoms with van der Waals surface area (Å²) >= 11 is 1.41. The zero-order chi connectivity index (χ0) is 13.5. The zero-order valence-electron chi connectivity index (χ0n) is 11.7. The second-order valence-electron chi connectivity index (χ2n) is 4.52. The van der Waals surface area contributed by atoms with E-state index in [1.54, 1.807) is 7.11 Å². The van der Waals surface area contributed by atoms with E-state index in [-0.39, 0.29) is 18.3 Å². The number of halogens is 1. The highest BCUT2D eigenvalue weighted by molar-refractivity contribution is 7.12. The van der Waals surface area contributed by atoms with Crippen LogP contribution in [-0.4, -0.2) is 57.2 Å². The van der Waals surface area contributed by atoms with Crippen LogP contribution in [0, 0.1) is 0 Å². The summed E-state index contributed by atoms with van der Waals surface area (Å²) in [4.78, 5) is 15.0. The van der Waals surface area contributed by atoms with Gasteiger partial charge in [-0.05, 0) is 24.4 Å². The average molecular weight is 320 g/mol. The van der Waals surface area contributed by atoms with Crippen LogP contribution in [-0.2, 0) is 0 Å². The van der Waals surface area contributed by atoms with Crippen LogP contribution in [0.4, 0.5) is 0 Å². The normalized spacial score (nSPS) is 15.4. The van der Waals surface area contributed by atoms with E-state index < -0.39 is 0 Å². The second kappa shape index (κ2) is 9.18. The van der Waals surface area contributed by atoms with Crippen LogP contribution in [0.5, 0.6) is 5.75 Å². The number of piperazine rings is 1. The Bertz CT molecular complexity index is 408. The van der Waals surface area contributed by atoms with Gasteiger partial charge in [0.15, 0.2) is 0 Å². The van der Waals surface area contributed by atoms with Crippen molar-refractivity contribution >= 4 is 29.7 Å². The lowest BCUT2D eigenvalue weighted by Gasteiger charge is -2.27. The standard InChI is InChI=1S/C13H21N3O2S.ClH/c1-18-11-3-10-19-12(11)13(17)15-4-2-7-16-8-5-14-6-9-16;/h3,10,14H,2,4-9H2,1H3,(H,15,17);1H. The first-order valence-electron chi connectivity index (χ1n) is 6.64. The molecule has 20 heavy (non-hydrogen) atoms. The van der Waals surface area contributed by atoms with Crippen molar-refractivity contribution in [1.29, 1.82) is 0 Å². The first-order valence-corrected chi connectivity index (χ1v) is 7.52. The van der Waals surface area contributed by atoms with Crippen LogP contribution >= 0.6 is 23.7 Å². The van der Waals surface area contributed by atoms with Crippen LogP contribution in [0.3, 0.4) is 0 Å². The molecule has 0 aliphatic carbocycles. The molecule has 7 heteroatoms. The zero-order valence-corrected chi connectivity index (χ0v) is 13.3. The van der Waals surface area contributed by atoms with Gasteiger partial charge >= 0.3 is 0 Å². The first-order chi connectivity index (χ1) is 9.31. The minimum Gasteiger partial charge on any atom is -0.495 e. The molecule has 1 fully saturated rings. The van der Waals surface area contributed by atoms with Gasteiger partial charge in [-0.1, -0.05) is 0 Å². The minimum absolute atomic E-state index is 0. The molecule has 0 unspecified atom stereocenters. The van der Waals surface area contributed by atoms with Gasteiger partial charge in [-0.3, -0.25) is 4.79 Å². The van der Waals surface area contributed by atoms with Crippen LogP contribution in [0.1, 0.15) is 16.1 Å². The Balaban J connectivity index is 0.00000200. The number of carbonyl (C=O) groups excluding carboxylic acids is 1. The summed E-state index contributed by atoms with van der Waals surface area (Å²) in [7, 11) is 1.59. The van der Waals surface area contributed by atoms with Crippen molar-refractivity contribution in [3.8, 4) is 5.75 Å². The van der Waals surface area contributed by atoms with E-state index in [0.29, 0.717) is 17.2 Å². The third kappa shape index (κ3) is 4.94. The van der Waals surface area contributed by atoms with Gasteiger partial charge in [-0.15, -0.1) is 23.7 Å². The van der Waals surface area contributed by atoms with Crippen LogP contribution in [0.2, 0.25) is 0 Å². The molecule has 1 aromatic rings. The van der Waals surface area contributed by atoms with Crippen LogP contribution < -0.4 is 15.4 Å². The molecule has 1 aliphatic rings. The topological polar surface area (TPSA) is 53.6 Å². The number of methoxy groups -OCH3 is 1. The fourth-order valence-corrected chi connectivity index (χ4v) is 2.92. The smallest absolute Gasteiger partial charge is 0.265 e. The predicted octanol–water partition coefficient (Wildman–Crippen LogP) is 1.20. The van der Waals surface area contributed by atoms with Crippen molar-refractivity contribution in [3.05, 3.63) is 16.3 Å². The summed E-state index contributed by atoms with van der Waals surface area (Å²) in [6.07, 6.45) is 0.986. The Morgan fingerprint density at radius 2 is 2.25 bits per heavy atom. The average Bonchev–Trinajstić information content (AvgIpc) is 2.93. The maximum Gasteiger partial charge on any atom is 0.265 e. The molecule has 0 atom stereocenters. The summed E-state index contributed by atoms with van der Waals surface area (Å²) in [6.45, 7) is 6.10. The number of nitrogens with one attached hydrogen (secondary N) is 2. The number of amides is 1. The molecule has 114 valence electrons. The number of thiophene rings is 1. The molecule has 1 aromatic heterocycles. The van der Waals surface area contributed by atoms with Gasteiger partial charge in [-0.2, -0.15) is 0 Å². The number of nitrogens with zero attached hydrogens (tertiary/aromatic N) is 1. The molecule has 0 bridgehead atoms. The van der Waals surface area contributed by atoms with Crippen molar-refractivity contribution in [1.82, 2.24) is 15.5 Å². The van der Waals surface area contributed by atoms with Gasteiger partial charge in [0.2, 0.25) is 0 Å². The predicted molar refractivity (Wildman–Crippen MR) is 84.4 cm³/mol. The molecular weight excluding hydrogens is 298 g/mol. The Morgan fingerprint density at radius 3 is 2.95 bits per heavy atom. The summed E-state index contributed by atoms with van der Waals surface area (Å²) < 4.78 is 5.14. The second-order valence-corrected chi connectivity index (χ2v) is 5.44. The van der Waals surface area contributed by atoms with E-state index in [0.717, 1.165) is 39.1 Å². The van der Waals surface area contributed by atoms with Gasteiger partial charge in [-0.25, -0.2) is 0 Å². The van der Waals surface area contributed by atoms with Crippen molar-refractivity contribution < 1.29 is 9.53 Å². The molecule has 2 heterocycles. The third-order valence-corrected chi connectivity index (χ3v) is 4.10. The van der Waals surface area contributed by atoms with Gasteiger partial charge in [0.05, 0.1) is 7.11 Å². The van der Waals surface area contributed by atoms with E-state index in [1.807, 2.05) is 11.4 Å². The van der Waals surface area contributed by atoms with E-state index >= 15 is 0 Å². The Morgan fingerprint density at radius 1 is 1.50 bits per heavy atom. The Labute approximate surface area is 130 Å². The Hall–Kier alpha value is -0.820. The minimum atomic E-state index is -0.0350. The monoisotopic (exact) mass is 319 g/mol. The summed E-state index contributed by atoms with van der Waals surface area (Å²) in [5, 5.41) is 8.15. The summed E-state index contributed by atoms with van der Waals surface area (Å²) in [5.41, 5.74) is 0. The molecular formula is C13H22ClN3O2S. The molecule has 1 amide bonds. The number of hydrogen-bond acceptors (Lipinski definition) is 5. The van der Waals surface area contributed by atoms with E-state index in [4.69, 9.17) is 4.74 Å². The largest absolute Gasteiger partial charge is 0.495 e. The molecule has 0 aromatic carbocycles. The lowest BCUT2D eigenvalue weighted by Crippen LogP contribution is -2.44. The summed E-state index contributed by atoms with van der Waals surface area (Å²) in [6, 6.07) is 1.82. The van der Waals surface area contributed by atoms with Crippen molar-refractivity contribution in [3.63, 3.8) is 0 Å². The third-order valence-electron chi connectivity index (χ3n) is 3.20. The van der Waals surface area contributed by atoms with Gasteiger partial charge in [0.25, 0.3) is 5.91 Å². The van der Waals surface area contributed by atoms with Crippen molar-refractivity contribution in [2.24, 2.45) is 0 Å². The van der Waals surface area contributed by atoms with Gasteiger partial charge in [0.1, 0.15) is 10.6 Å². The fraction of sp³-hybridized carbons (Fsp3) is 0.615. The molecule has 0 spiro atoms. The van der Waals surface area contributed by atoms with Gasteiger partial charge < -0.3 is 20.3 Å². The molecule has 0 saturated carbocycles. The molecule has 0 radical (unpaired) electrons. The quantitative estimate of drug-likeness (QED) is 0.774. The fourth-order valence-electron chi connectivity index (χ4n) is 2.14. The molecule has 1 aliphatic heterocycles.